The van der Waals surface area contributed by atoms with Crippen molar-refractivity contribution in [1.29, 1.82) is 0 Å². The van der Waals surface area contributed by atoms with Crippen molar-refractivity contribution in [2.24, 2.45) is 0 Å². The molecular formula is C23H27N3O3. The maximum atomic E-state index is 13.1. The van der Waals surface area contributed by atoms with Gasteiger partial charge in [-0.3, -0.25) is 9.78 Å². The highest BCUT2D eigenvalue weighted by Crippen LogP contribution is 2.27. The van der Waals surface area contributed by atoms with Crippen molar-refractivity contribution in [2.45, 2.75) is 37.8 Å². The van der Waals surface area contributed by atoms with Crippen LogP contribution < -0.4 is 5.32 Å². The Labute approximate surface area is 170 Å². The second kappa shape index (κ2) is 9.20. The van der Waals surface area contributed by atoms with Crippen LogP contribution in [0.2, 0.25) is 0 Å². The zero-order chi connectivity index (χ0) is 20.1. The molecule has 4 rings (SSSR count). The number of pyridine rings is 1. The minimum Gasteiger partial charge on any atom is -0.382 e. The molecule has 1 amide bonds. The highest BCUT2D eigenvalue weighted by Gasteiger charge is 2.24. The Morgan fingerprint density at radius 2 is 2.03 bits per heavy atom. The van der Waals surface area contributed by atoms with E-state index in [1.165, 1.54) is 0 Å². The zero-order valence-electron chi connectivity index (χ0n) is 16.7. The predicted octanol–water partition coefficient (Wildman–Crippen LogP) is 3.93. The molecule has 0 aliphatic heterocycles. The summed E-state index contributed by atoms with van der Waals surface area (Å²) in [6.45, 7) is 1.25. The van der Waals surface area contributed by atoms with Crippen LogP contribution >= 0.6 is 0 Å². The third-order valence-corrected chi connectivity index (χ3v) is 5.52. The smallest absolute Gasteiger partial charge is 0.253 e. The van der Waals surface area contributed by atoms with Gasteiger partial charge in [0, 0.05) is 36.5 Å². The van der Waals surface area contributed by atoms with Crippen molar-refractivity contribution in [1.82, 2.24) is 15.3 Å². The lowest BCUT2D eigenvalue weighted by Gasteiger charge is -2.29. The van der Waals surface area contributed by atoms with Crippen molar-refractivity contribution < 1.29 is 14.3 Å². The number of ether oxygens (including phenoxy) is 2. The number of carbonyl (C=O) groups is 1. The molecule has 1 fully saturated rings. The van der Waals surface area contributed by atoms with Gasteiger partial charge < -0.3 is 19.8 Å². The highest BCUT2D eigenvalue weighted by atomic mass is 16.5. The summed E-state index contributed by atoms with van der Waals surface area (Å²) in [5.74, 6) is -0.0426. The molecule has 152 valence electrons. The van der Waals surface area contributed by atoms with Gasteiger partial charge in [0.2, 0.25) is 0 Å². The monoisotopic (exact) mass is 393 g/mol. The van der Waals surface area contributed by atoms with Gasteiger partial charge in [0.25, 0.3) is 5.91 Å². The van der Waals surface area contributed by atoms with Crippen LogP contribution in [0.3, 0.4) is 0 Å². The summed E-state index contributed by atoms with van der Waals surface area (Å²) in [7, 11) is 1.68. The fraction of sp³-hybridized carbons (Fsp3) is 0.391. The van der Waals surface area contributed by atoms with Gasteiger partial charge in [-0.2, -0.15) is 0 Å². The Morgan fingerprint density at radius 3 is 2.79 bits per heavy atom. The van der Waals surface area contributed by atoms with Crippen LogP contribution in [0.5, 0.6) is 0 Å². The molecule has 0 radical (unpaired) electrons. The number of rotatable bonds is 7. The summed E-state index contributed by atoms with van der Waals surface area (Å²) in [5, 5.41) is 4.23. The summed E-state index contributed by atoms with van der Waals surface area (Å²) in [4.78, 5) is 20.7. The Kier molecular flexibility index (Phi) is 6.22. The summed E-state index contributed by atoms with van der Waals surface area (Å²) in [6.07, 6.45) is 7.67. The predicted molar refractivity (Wildman–Crippen MR) is 113 cm³/mol. The number of hydrogen-bond acceptors (Lipinski definition) is 4. The average Bonchev–Trinajstić information content (AvgIpc) is 3.24. The van der Waals surface area contributed by atoms with Crippen LogP contribution in [0.15, 0.2) is 48.8 Å². The molecule has 1 aromatic carbocycles. The fourth-order valence-electron chi connectivity index (χ4n) is 3.97. The van der Waals surface area contributed by atoms with Crippen LogP contribution in [0.4, 0.5) is 0 Å². The van der Waals surface area contributed by atoms with Crippen LogP contribution in [-0.4, -0.2) is 48.3 Å². The van der Waals surface area contributed by atoms with Crippen molar-refractivity contribution in [2.75, 3.05) is 20.3 Å². The van der Waals surface area contributed by atoms with Gasteiger partial charge in [0.1, 0.15) is 0 Å². The molecule has 0 unspecified atom stereocenters. The molecule has 2 N–H and O–H groups in total. The second-order valence-corrected chi connectivity index (χ2v) is 7.49. The van der Waals surface area contributed by atoms with E-state index in [1.807, 2.05) is 36.5 Å². The number of nitrogens with zero attached hydrogens (tertiary/aromatic N) is 1. The number of hydrogen-bond donors (Lipinski definition) is 2. The largest absolute Gasteiger partial charge is 0.382 e. The number of methoxy groups -OCH3 is 1. The first-order chi connectivity index (χ1) is 14.2. The lowest BCUT2D eigenvalue weighted by atomic mass is 9.92. The van der Waals surface area contributed by atoms with Crippen LogP contribution in [0, 0.1) is 0 Å². The average molecular weight is 393 g/mol. The Bertz CT molecular complexity index is 946. The molecule has 6 heteroatoms. The highest BCUT2D eigenvalue weighted by molar-refractivity contribution is 6.07. The molecular weight excluding hydrogens is 366 g/mol. The molecule has 0 saturated heterocycles. The molecule has 29 heavy (non-hydrogen) atoms. The minimum absolute atomic E-state index is 0.0426. The Balaban J connectivity index is 1.46. The van der Waals surface area contributed by atoms with E-state index in [0.29, 0.717) is 18.8 Å². The van der Waals surface area contributed by atoms with E-state index in [-0.39, 0.29) is 18.1 Å². The number of nitrogens with one attached hydrogen (secondary N) is 2. The first-order valence-corrected chi connectivity index (χ1v) is 10.2. The lowest BCUT2D eigenvalue weighted by molar-refractivity contribution is -0.00408. The van der Waals surface area contributed by atoms with Gasteiger partial charge in [-0.15, -0.1) is 0 Å². The number of aromatic nitrogens is 2. The third-order valence-electron chi connectivity index (χ3n) is 5.52. The van der Waals surface area contributed by atoms with E-state index in [1.54, 1.807) is 13.3 Å². The number of amides is 1. The van der Waals surface area contributed by atoms with E-state index >= 15 is 0 Å². The molecule has 0 atom stereocenters. The molecule has 6 nitrogen and oxygen atoms in total. The fourth-order valence-corrected chi connectivity index (χ4v) is 3.97. The van der Waals surface area contributed by atoms with Gasteiger partial charge >= 0.3 is 0 Å². The molecule has 3 aromatic rings. The second-order valence-electron chi connectivity index (χ2n) is 7.49. The molecule has 0 spiro atoms. The summed E-state index contributed by atoms with van der Waals surface area (Å²) < 4.78 is 10.9. The van der Waals surface area contributed by atoms with Crippen molar-refractivity contribution in [3.05, 3.63) is 54.4 Å². The third kappa shape index (κ3) is 4.66. The van der Waals surface area contributed by atoms with Gasteiger partial charge in [-0.1, -0.05) is 6.07 Å². The number of benzene rings is 1. The first-order valence-electron chi connectivity index (χ1n) is 10.2. The van der Waals surface area contributed by atoms with Gasteiger partial charge in [0.15, 0.2) is 0 Å². The van der Waals surface area contributed by atoms with Crippen LogP contribution in [0.25, 0.3) is 22.2 Å². The molecule has 2 aromatic heterocycles. The van der Waals surface area contributed by atoms with E-state index in [2.05, 4.69) is 21.4 Å². The molecule has 0 bridgehead atoms. The first kappa shape index (κ1) is 19.6. The van der Waals surface area contributed by atoms with Crippen molar-refractivity contribution >= 4 is 16.8 Å². The lowest BCUT2D eigenvalue weighted by Crippen LogP contribution is -2.39. The summed E-state index contributed by atoms with van der Waals surface area (Å²) >= 11 is 0. The number of aromatic amines is 1. The summed E-state index contributed by atoms with van der Waals surface area (Å²) in [5.41, 5.74) is 3.32. The quantitative estimate of drug-likeness (QED) is 0.596. The van der Waals surface area contributed by atoms with Crippen LogP contribution in [0.1, 0.15) is 36.0 Å². The molecule has 1 aliphatic rings. The molecule has 1 aliphatic carbocycles. The summed E-state index contributed by atoms with van der Waals surface area (Å²) in [6, 6.07) is 12.0. The van der Waals surface area contributed by atoms with Crippen molar-refractivity contribution in [3.8, 4) is 11.3 Å². The Morgan fingerprint density at radius 1 is 1.17 bits per heavy atom. The van der Waals surface area contributed by atoms with Crippen LogP contribution in [-0.2, 0) is 9.47 Å². The molecule has 2 heterocycles. The number of H-pyrrole nitrogens is 1. The van der Waals surface area contributed by atoms with E-state index in [9.17, 15) is 4.79 Å². The van der Waals surface area contributed by atoms with E-state index < -0.39 is 0 Å². The Hall–Kier alpha value is -2.70. The topological polar surface area (TPSA) is 76.2 Å². The maximum Gasteiger partial charge on any atom is 0.253 e. The van der Waals surface area contributed by atoms with E-state index in [0.717, 1.165) is 47.8 Å². The number of fused-ring (bicyclic) bond motifs is 1. The van der Waals surface area contributed by atoms with Gasteiger partial charge in [-0.05, 0) is 56.0 Å². The maximum absolute atomic E-state index is 13.1. The minimum atomic E-state index is -0.0426. The van der Waals surface area contributed by atoms with Gasteiger partial charge in [-0.25, -0.2) is 0 Å². The number of carbonyl (C=O) groups excluding carboxylic acids is 1. The molecule has 1 saturated carbocycles. The SMILES string of the molecule is COCCOC1CCC(NC(=O)c2cc(-c3ccccn3)cc3cc[nH]c23)CC1. The normalized spacial score (nSPS) is 19.3. The van der Waals surface area contributed by atoms with Crippen molar-refractivity contribution in [3.63, 3.8) is 0 Å². The van der Waals surface area contributed by atoms with Gasteiger partial charge in [0.05, 0.1) is 36.1 Å². The standard InChI is InChI=1S/C23H27N3O3/c1-28-12-13-29-19-7-5-18(6-8-19)26-23(27)20-15-17(21-4-2-3-10-24-21)14-16-9-11-25-22(16)20/h2-4,9-11,14-15,18-19,25H,5-8,12-13H2,1H3,(H,26,27). The zero-order valence-corrected chi connectivity index (χ0v) is 16.7. The van der Waals surface area contributed by atoms with E-state index in [4.69, 9.17) is 9.47 Å².